The first-order valence-corrected chi connectivity index (χ1v) is 5.88. The summed E-state index contributed by atoms with van der Waals surface area (Å²) in [5.74, 6) is 1.01. The van der Waals surface area contributed by atoms with Crippen LogP contribution in [0.2, 0.25) is 0 Å². The second kappa shape index (κ2) is 7.14. The molecular weight excluding hydrogens is 218 g/mol. The summed E-state index contributed by atoms with van der Waals surface area (Å²) in [5, 5.41) is 22.0. The van der Waals surface area contributed by atoms with Gasteiger partial charge in [0.25, 0.3) is 0 Å². The predicted octanol–water partition coefficient (Wildman–Crippen LogP) is 1.65. The fourth-order valence-corrected chi connectivity index (χ4v) is 1.58. The Morgan fingerprint density at radius 3 is 2.82 bits per heavy atom. The fraction of sp³-hybridized carbons (Fsp3) is 0.538. The normalized spacial score (nSPS) is 12.4. The number of methoxy groups -OCH3 is 1. The zero-order valence-electron chi connectivity index (χ0n) is 10.4. The number of rotatable bonds is 7. The highest BCUT2D eigenvalue weighted by atomic mass is 16.5. The zero-order valence-corrected chi connectivity index (χ0v) is 10.4. The highest BCUT2D eigenvalue weighted by Gasteiger charge is 2.03. The maximum atomic E-state index is 9.64. The molecule has 0 aliphatic rings. The standard InChI is InChI=1S/C13H21NO3/c1-10(15)4-3-7-14-9-11-8-12(17-2)5-6-13(11)16/h5-6,8,10,14-16H,3-4,7,9H2,1-2H3. The molecule has 96 valence electrons. The minimum absolute atomic E-state index is 0.248. The summed E-state index contributed by atoms with van der Waals surface area (Å²) in [6.07, 6.45) is 1.46. The fourth-order valence-electron chi connectivity index (χ4n) is 1.58. The van der Waals surface area contributed by atoms with E-state index in [1.165, 1.54) is 0 Å². The van der Waals surface area contributed by atoms with Crippen LogP contribution >= 0.6 is 0 Å². The van der Waals surface area contributed by atoms with E-state index in [0.29, 0.717) is 6.54 Å². The average Bonchev–Trinajstić information content (AvgIpc) is 2.30. The van der Waals surface area contributed by atoms with Gasteiger partial charge in [0.15, 0.2) is 0 Å². The molecule has 4 heteroatoms. The van der Waals surface area contributed by atoms with Gasteiger partial charge in [0.1, 0.15) is 11.5 Å². The molecule has 1 aromatic rings. The lowest BCUT2D eigenvalue weighted by atomic mass is 10.2. The van der Waals surface area contributed by atoms with Crippen molar-refractivity contribution in [1.29, 1.82) is 0 Å². The smallest absolute Gasteiger partial charge is 0.120 e. The van der Waals surface area contributed by atoms with Crippen LogP contribution in [0.3, 0.4) is 0 Å². The summed E-state index contributed by atoms with van der Waals surface area (Å²) >= 11 is 0. The molecule has 0 aliphatic heterocycles. The highest BCUT2D eigenvalue weighted by Crippen LogP contribution is 2.22. The third kappa shape index (κ3) is 5.06. The van der Waals surface area contributed by atoms with Crippen molar-refractivity contribution >= 4 is 0 Å². The van der Waals surface area contributed by atoms with Crippen LogP contribution in [0.4, 0.5) is 0 Å². The number of benzene rings is 1. The molecule has 0 saturated carbocycles. The van der Waals surface area contributed by atoms with Crippen LogP contribution < -0.4 is 10.1 Å². The predicted molar refractivity (Wildman–Crippen MR) is 67.3 cm³/mol. The Morgan fingerprint density at radius 2 is 2.18 bits per heavy atom. The monoisotopic (exact) mass is 239 g/mol. The number of phenolic OH excluding ortho intramolecular Hbond substituents is 1. The lowest BCUT2D eigenvalue weighted by Gasteiger charge is -2.09. The summed E-state index contributed by atoms with van der Waals surface area (Å²) in [6.45, 7) is 3.21. The first kappa shape index (κ1) is 13.8. The van der Waals surface area contributed by atoms with Crippen LogP contribution in [0.1, 0.15) is 25.3 Å². The molecule has 0 heterocycles. The number of ether oxygens (including phenoxy) is 1. The number of hydrogen-bond acceptors (Lipinski definition) is 4. The van der Waals surface area contributed by atoms with Crippen molar-refractivity contribution in [1.82, 2.24) is 5.32 Å². The molecule has 0 spiro atoms. The lowest BCUT2D eigenvalue weighted by molar-refractivity contribution is 0.181. The molecule has 0 fully saturated rings. The summed E-state index contributed by atoms with van der Waals surface area (Å²) in [7, 11) is 1.60. The number of aliphatic hydroxyl groups excluding tert-OH is 1. The van der Waals surface area contributed by atoms with E-state index in [9.17, 15) is 5.11 Å². The number of nitrogens with one attached hydrogen (secondary N) is 1. The molecule has 1 rings (SSSR count). The van der Waals surface area contributed by atoms with Crippen LogP contribution in [0.25, 0.3) is 0 Å². The first-order chi connectivity index (χ1) is 8.13. The summed E-state index contributed by atoms with van der Waals surface area (Å²) in [5.41, 5.74) is 0.821. The van der Waals surface area contributed by atoms with Crippen LogP contribution in [-0.4, -0.2) is 30.0 Å². The average molecular weight is 239 g/mol. The summed E-state index contributed by atoms with van der Waals surface area (Å²) < 4.78 is 5.10. The van der Waals surface area contributed by atoms with Gasteiger partial charge in [-0.2, -0.15) is 0 Å². The third-order valence-electron chi connectivity index (χ3n) is 2.58. The van der Waals surface area contributed by atoms with Gasteiger partial charge in [0, 0.05) is 12.1 Å². The zero-order chi connectivity index (χ0) is 12.7. The summed E-state index contributed by atoms with van der Waals surface area (Å²) in [4.78, 5) is 0. The molecule has 0 aromatic heterocycles. The quantitative estimate of drug-likeness (QED) is 0.633. The van der Waals surface area contributed by atoms with Crippen molar-refractivity contribution < 1.29 is 14.9 Å². The molecule has 1 unspecified atom stereocenters. The molecule has 4 nitrogen and oxygen atoms in total. The van der Waals surface area contributed by atoms with Crippen molar-refractivity contribution in [2.24, 2.45) is 0 Å². The summed E-state index contributed by atoms with van der Waals surface area (Å²) in [6, 6.07) is 5.18. The van der Waals surface area contributed by atoms with Gasteiger partial charge >= 0.3 is 0 Å². The molecule has 17 heavy (non-hydrogen) atoms. The van der Waals surface area contributed by atoms with Crippen LogP contribution in [-0.2, 0) is 6.54 Å². The molecule has 3 N–H and O–H groups in total. The van der Waals surface area contributed by atoms with Crippen molar-refractivity contribution in [3.8, 4) is 11.5 Å². The Balaban J connectivity index is 2.35. The van der Waals surface area contributed by atoms with Crippen molar-refractivity contribution in [3.63, 3.8) is 0 Å². The third-order valence-corrected chi connectivity index (χ3v) is 2.58. The molecule has 1 aromatic carbocycles. The second-order valence-corrected chi connectivity index (χ2v) is 4.16. The minimum Gasteiger partial charge on any atom is -0.508 e. The van der Waals surface area contributed by atoms with Crippen LogP contribution in [0.5, 0.6) is 11.5 Å². The van der Waals surface area contributed by atoms with Crippen LogP contribution in [0, 0.1) is 0 Å². The molecule has 0 radical (unpaired) electrons. The minimum atomic E-state index is -0.248. The molecular formula is C13H21NO3. The van der Waals surface area contributed by atoms with Gasteiger partial charge < -0.3 is 20.3 Å². The van der Waals surface area contributed by atoms with Gasteiger partial charge in [-0.25, -0.2) is 0 Å². The van der Waals surface area contributed by atoms with Gasteiger partial charge in [-0.1, -0.05) is 0 Å². The van der Waals surface area contributed by atoms with Gasteiger partial charge in [0.05, 0.1) is 13.2 Å². The van der Waals surface area contributed by atoms with E-state index in [1.807, 2.05) is 6.07 Å². The van der Waals surface area contributed by atoms with E-state index >= 15 is 0 Å². The van der Waals surface area contributed by atoms with E-state index in [0.717, 1.165) is 30.7 Å². The van der Waals surface area contributed by atoms with Crippen molar-refractivity contribution in [2.45, 2.75) is 32.4 Å². The Hall–Kier alpha value is -1.26. The molecule has 0 bridgehead atoms. The maximum absolute atomic E-state index is 9.64. The van der Waals surface area contributed by atoms with E-state index in [-0.39, 0.29) is 11.9 Å². The Morgan fingerprint density at radius 1 is 1.41 bits per heavy atom. The Kier molecular flexibility index (Phi) is 5.80. The van der Waals surface area contributed by atoms with E-state index < -0.39 is 0 Å². The number of hydrogen-bond donors (Lipinski definition) is 3. The van der Waals surface area contributed by atoms with E-state index in [2.05, 4.69) is 5.32 Å². The van der Waals surface area contributed by atoms with Crippen molar-refractivity contribution in [3.05, 3.63) is 23.8 Å². The maximum Gasteiger partial charge on any atom is 0.120 e. The number of aromatic hydroxyl groups is 1. The van der Waals surface area contributed by atoms with Gasteiger partial charge in [-0.3, -0.25) is 0 Å². The van der Waals surface area contributed by atoms with Gasteiger partial charge in [-0.15, -0.1) is 0 Å². The molecule has 1 atom stereocenters. The van der Waals surface area contributed by atoms with E-state index in [1.54, 1.807) is 26.2 Å². The van der Waals surface area contributed by atoms with Crippen molar-refractivity contribution in [2.75, 3.05) is 13.7 Å². The van der Waals surface area contributed by atoms with E-state index in [4.69, 9.17) is 9.84 Å². The Labute approximate surface area is 102 Å². The largest absolute Gasteiger partial charge is 0.508 e. The second-order valence-electron chi connectivity index (χ2n) is 4.16. The first-order valence-electron chi connectivity index (χ1n) is 5.88. The molecule has 0 aliphatic carbocycles. The van der Waals surface area contributed by atoms with Crippen LogP contribution in [0.15, 0.2) is 18.2 Å². The highest BCUT2D eigenvalue weighted by molar-refractivity contribution is 5.39. The Bertz CT molecular complexity index is 339. The lowest BCUT2D eigenvalue weighted by Crippen LogP contribution is -2.16. The SMILES string of the molecule is COc1ccc(O)c(CNCCCC(C)O)c1. The molecule has 0 saturated heterocycles. The molecule has 0 amide bonds. The van der Waals surface area contributed by atoms with Gasteiger partial charge in [-0.05, 0) is 44.5 Å². The topological polar surface area (TPSA) is 61.7 Å². The number of aliphatic hydroxyl groups is 1. The van der Waals surface area contributed by atoms with Gasteiger partial charge in [0.2, 0.25) is 0 Å². The number of phenols is 1.